The fourth-order valence-electron chi connectivity index (χ4n) is 1.83. The molecule has 1 aliphatic heterocycles. The van der Waals surface area contributed by atoms with Gasteiger partial charge in [-0.1, -0.05) is 6.07 Å². The number of aromatic nitrogens is 2. The van der Waals surface area contributed by atoms with E-state index in [-0.39, 0.29) is 28.0 Å². The zero-order valence-electron chi connectivity index (χ0n) is 10.6. The van der Waals surface area contributed by atoms with E-state index < -0.39 is 4.92 Å². The van der Waals surface area contributed by atoms with Gasteiger partial charge in [0, 0.05) is 24.1 Å². The van der Waals surface area contributed by atoms with Crippen molar-refractivity contribution in [3.05, 3.63) is 34.4 Å². The molecule has 108 valence electrons. The summed E-state index contributed by atoms with van der Waals surface area (Å²) in [5, 5.41) is 18.3. The van der Waals surface area contributed by atoms with Crippen LogP contribution < -0.4 is 0 Å². The maximum absolute atomic E-state index is 11.4. The summed E-state index contributed by atoms with van der Waals surface area (Å²) in [5.41, 5.74) is 0.400. The van der Waals surface area contributed by atoms with E-state index in [0.717, 1.165) is 11.8 Å². The van der Waals surface area contributed by atoms with Gasteiger partial charge in [0.2, 0.25) is 5.89 Å². The molecule has 9 heteroatoms. The van der Waals surface area contributed by atoms with E-state index in [0.29, 0.717) is 18.6 Å². The second-order valence-electron chi connectivity index (χ2n) is 4.24. The van der Waals surface area contributed by atoms with E-state index in [1.165, 1.54) is 12.1 Å². The molecule has 1 fully saturated rings. The van der Waals surface area contributed by atoms with Crippen molar-refractivity contribution in [2.24, 2.45) is 0 Å². The zero-order chi connectivity index (χ0) is 14.8. The minimum Gasteiger partial charge on any atom is -0.465 e. The van der Waals surface area contributed by atoms with E-state index in [4.69, 9.17) is 9.15 Å². The highest BCUT2D eigenvalue weighted by molar-refractivity contribution is 8.00. The average Bonchev–Trinajstić information content (AvgIpc) is 3.10. The largest absolute Gasteiger partial charge is 0.465 e. The van der Waals surface area contributed by atoms with E-state index in [1.54, 1.807) is 12.1 Å². The number of rotatable bonds is 4. The lowest BCUT2D eigenvalue weighted by Crippen LogP contribution is -2.09. The van der Waals surface area contributed by atoms with Gasteiger partial charge in [-0.05, 0) is 17.8 Å². The van der Waals surface area contributed by atoms with E-state index >= 15 is 0 Å². The van der Waals surface area contributed by atoms with Crippen LogP contribution in [-0.2, 0) is 9.53 Å². The molecule has 1 aromatic carbocycles. The number of carbonyl (C=O) groups excluding carboxylic acids is 1. The van der Waals surface area contributed by atoms with Crippen LogP contribution in [0.25, 0.3) is 11.5 Å². The van der Waals surface area contributed by atoms with Crippen molar-refractivity contribution in [1.29, 1.82) is 0 Å². The third-order valence-corrected chi connectivity index (χ3v) is 3.92. The second kappa shape index (κ2) is 5.52. The Morgan fingerprint density at radius 1 is 1.38 bits per heavy atom. The molecule has 0 bridgehead atoms. The summed E-state index contributed by atoms with van der Waals surface area (Å²) in [7, 11) is 0. The molecule has 21 heavy (non-hydrogen) atoms. The number of thioether (sulfide) groups is 1. The van der Waals surface area contributed by atoms with Crippen molar-refractivity contribution in [3.63, 3.8) is 0 Å². The van der Waals surface area contributed by atoms with Crippen molar-refractivity contribution in [1.82, 2.24) is 10.2 Å². The van der Waals surface area contributed by atoms with Crippen molar-refractivity contribution in [2.75, 3.05) is 6.61 Å². The van der Waals surface area contributed by atoms with Crippen LogP contribution in [0.15, 0.2) is 33.9 Å². The molecule has 0 N–H and O–H groups in total. The molecule has 1 unspecified atom stereocenters. The van der Waals surface area contributed by atoms with Crippen molar-refractivity contribution >= 4 is 23.4 Å². The molecule has 8 nitrogen and oxygen atoms in total. The molecule has 0 spiro atoms. The fraction of sp³-hybridized carbons (Fsp3) is 0.250. The molecule has 0 radical (unpaired) electrons. The van der Waals surface area contributed by atoms with Crippen LogP contribution in [-0.4, -0.2) is 32.9 Å². The Labute approximate surface area is 122 Å². The maximum atomic E-state index is 11.4. The van der Waals surface area contributed by atoms with Gasteiger partial charge in [0.1, 0.15) is 5.25 Å². The number of hydrogen-bond acceptors (Lipinski definition) is 8. The molecule has 1 aliphatic rings. The van der Waals surface area contributed by atoms with Gasteiger partial charge in [-0.15, -0.1) is 10.2 Å². The van der Waals surface area contributed by atoms with Crippen molar-refractivity contribution < 1.29 is 18.9 Å². The SMILES string of the molecule is O=C1OCCC1Sc1nnc(-c2cccc([N+](=O)[O-])c2)o1. The molecule has 1 atom stereocenters. The van der Waals surface area contributed by atoms with E-state index in [9.17, 15) is 14.9 Å². The molecule has 1 saturated heterocycles. The highest BCUT2D eigenvalue weighted by Crippen LogP contribution is 2.31. The summed E-state index contributed by atoms with van der Waals surface area (Å²) in [6, 6.07) is 5.91. The van der Waals surface area contributed by atoms with E-state index in [2.05, 4.69) is 10.2 Å². The highest BCUT2D eigenvalue weighted by Gasteiger charge is 2.29. The minimum atomic E-state index is -0.496. The Bertz CT molecular complexity index is 702. The van der Waals surface area contributed by atoms with Crippen LogP contribution in [0.5, 0.6) is 0 Å². The van der Waals surface area contributed by atoms with Gasteiger partial charge in [-0.2, -0.15) is 0 Å². The van der Waals surface area contributed by atoms with Gasteiger partial charge in [-0.3, -0.25) is 14.9 Å². The Hall–Kier alpha value is -2.42. The quantitative estimate of drug-likeness (QED) is 0.479. The normalized spacial score (nSPS) is 17.7. The smallest absolute Gasteiger partial charge is 0.319 e. The number of esters is 1. The molecule has 0 amide bonds. The number of nitrogens with zero attached hydrogens (tertiary/aromatic N) is 3. The minimum absolute atomic E-state index is 0.0562. The summed E-state index contributed by atoms with van der Waals surface area (Å²) in [6.07, 6.45) is 0.595. The summed E-state index contributed by atoms with van der Waals surface area (Å²) >= 11 is 1.14. The van der Waals surface area contributed by atoms with Crippen LogP contribution in [0.1, 0.15) is 6.42 Å². The molecule has 3 rings (SSSR count). The molecular weight excluding hydrogens is 298 g/mol. The summed E-state index contributed by atoms with van der Waals surface area (Å²) in [4.78, 5) is 21.6. The Balaban J connectivity index is 1.79. The maximum Gasteiger partial charge on any atom is 0.319 e. The number of nitro groups is 1. The standard InChI is InChI=1S/C12H9N3O5S/c16-11-9(4-5-19-11)21-12-14-13-10(20-12)7-2-1-3-8(6-7)15(17)18/h1-3,6,9H,4-5H2. The predicted molar refractivity (Wildman–Crippen MR) is 71.6 cm³/mol. The number of ether oxygens (including phenoxy) is 1. The third-order valence-electron chi connectivity index (χ3n) is 2.84. The zero-order valence-corrected chi connectivity index (χ0v) is 11.4. The Morgan fingerprint density at radius 2 is 2.24 bits per heavy atom. The van der Waals surface area contributed by atoms with Crippen LogP contribution in [0.4, 0.5) is 5.69 Å². The first kappa shape index (κ1) is 13.6. The van der Waals surface area contributed by atoms with Gasteiger partial charge in [0.25, 0.3) is 10.9 Å². The number of nitro benzene ring substituents is 1. The molecule has 2 heterocycles. The van der Waals surface area contributed by atoms with Crippen LogP contribution in [0.3, 0.4) is 0 Å². The van der Waals surface area contributed by atoms with Gasteiger partial charge < -0.3 is 9.15 Å². The lowest BCUT2D eigenvalue weighted by atomic mass is 10.2. The highest BCUT2D eigenvalue weighted by atomic mass is 32.2. The Morgan fingerprint density at radius 3 is 2.95 bits per heavy atom. The number of cyclic esters (lactones) is 1. The molecule has 2 aromatic rings. The third kappa shape index (κ3) is 2.87. The summed E-state index contributed by atoms with van der Waals surface area (Å²) in [5.74, 6) is -0.123. The van der Waals surface area contributed by atoms with Gasteiger partial charge in [0.15, 0.2) is 0 Å². The van der Waals surface area contributed by atoms with Crippen LogP contribution in [0.2, 0.25) is 0 Å². The second-order valence-corrected chi connectivity index (χ2v) is 5.40. The summed E-state index contributed by atoms with van der Waals surface area (Å²) in [6.45, 7) is 0.391. The average molecular weight is 307 g/mol. The fourth-order valence-corrected chi connectivity index (χ4v) is 2.67. The predicted octanol–water partition coefficient (Wildman–Crippen LogP) is 2.05. The van der Waals surface area contributed by atoms with Gasteiger partial charge in [0.05, 0.1) is 11.5 Å². The number of benzene rings is 1. The molecular formula is C12H9N3O5S. The van der Waals surface area contributed by atoms with Gasteiger partial charge >= 0.3 is 5.97 Å². The van der Waals surface area contributed by atoms with E-state index in [1.807, 2.05) is 0 Å². The molecule has 0 saturated carbocycles. The monoisotopic (exact) mass is 307 g/mol. The van der Waals surface area contributed by atoms with Crippen molar-refractivity contribution in [2.45, 2.75) is 16.9 Å². The molecule has 0 aliphatic carbocycles. The first-order chi connectivity index (χ1) is 10.1. The van der Waals surface area contributed by atoms with Crippen LogP contribution in [0, 0.1) is 10.1 Å². The first-order valence-electron chi connectivity index (χ1n) is 6.05. The summed E-state index contributed by atoms with van der Waals surface area (Å²) < 4.78 is 10.3. The number of hydrogen-bond donors (Lipinski definition) is 0. The van der Waals surface area contributed by atoms with Crippen LogP contribution >= 0.6 is 11.8 Å². The topological polar surface area (TPSA) is 108 Å². The lowest BCUT2D eigenvalue weighted by molar-refractivity contribution is -0.384. The lowest BCUT2D eigenvalue weighted by Gasteiger charge is -1.99. The number of carbonyl (C=O) groups is 1. The number of non-ortho nitro benzene ring substituents is 1. The Kier molecular flexibility index (Phi) is 3.57. The molecule has 1 aromatic heterocycles. The van der Waals surface area contributed by atoms with Crippen molar-refractivity contribution in [3.8, 4) is 11.5 Å². The first-order valence-corrected chi connectivity index (χ1v) is 6.93. The van der Waals surface area contributed by atoms with Gasteiger partial charge in [-0.25, -0.2) is 0 Å².